The first kappa shape index (κ1) is 19.2. The third kappa shape index (κ3) is 3.60. The highest BCUT2D eigenvalue weighted by atomic mass is 35.5. The van der Waals surface area contributed by atoms with E-state index in [0.29, 0.717) is 39.7 Å². The monoisotopic (exact) mass is 425 g/mol. The number of pyridine rings is 2. The average molecular weight is 426 g/mol. The maximum Gasteiger partial charge on any atom is 0.228 e. The Morgan fingerprint density at radius 3 is 2.73 bits per heavy atom. The molecule has 0 spiro atoms. The second kappa shape index (κ2) is 7.51. The van der Waals surface area contributed by atoms with Crippen LogP contribution in [0, 0.1) is 29.5 Å². The molecule has 2 aliphatic rings. The van der Waals surface area contributed by atoms with E-state index in [9.17, 15) is 9.18 Å². The lowest BCUT2D eigenvalue weighted by molar-refractivity contribution is -0.120. The minimum Gasteiger partial charge on any atom is -0.490 e. The topological polar surface area (TPSA) is 64.1 Å². The van der Waals surface area contributed by atoms with Gasteiger partial charge in [-0.05, 0) is 67.0 Å². The fourth-order valence-corrected chi connectivity index (χ4v) is 5.03. The van der Waals surface area contributed by atoms with Crippen LogP contribution in [0.4, 0.5) is 10.2 Å². The van der Waals surface area contributed by atoms with Crippen molar-refractivity contribution in [3.8, 4) is 5.75 Å². The second-order valence-corrected chi connectivity index (χ2v) is 8.66. The van der Waals surface area contributed by atoms with Gasteiger partial charge in [-0.2, -0.15) is 0 Å². The summed E-state index contributed by atoms with van der Waals surface area (Å²) < 4.78 is 19.9. The van der Waals surface area contributed by atoms with Crippen molar-refractivity contribution in [2.24, 2.45) is 23.7 Å². The van der Waals surface area contributed by atoms with Crippen molar-refractivity contribution in [3.05, 3.63) is 59.6 Å². The van der Waals surface area contributed by atoms with E-state index in [0.717, 1.165) is 18.4 Å². The van der Waals surface area contributed by atoms with Crippen molar-refractivity contribution < 1.29 is 13.9 Å². The molecule has 1 aromatic carbocycles. The van der Waals surface area contributed by atoms with Crippen LogP contribution in [0.15, 0.2) is 48.8 Å². The Balaban J connectivity index is 1.20. The molecule has 7 heteroatoms. The molecular weight excluding hydrogens is 405 g/mol. The van der Waals surface area contributed by atoms with Crippen LogP contribution in [0.2, 0.25) is 5.02 Å². The third-order valence-electron chi connectivity index (χ3n) is 6.39. The largest absolute Gasteiger partial charge is 0.490 e. The quantitative estimate of drug-likeness (QED) is 0.617. The predicted molar refractivity (Wildman–Crippen MR) is 113 cm³/mol. The lowest BCUT2D eigenvalue weighted by atomic mass is 9.97. The molecule has 0 saturated heterocycles. The fraction of sp³-hybridized carbons (Fsp3) is 0.348. The lowest BCUT2D eigenvalue weighted by Crippen LogP contribution is -2.26. The summed E-state index contributed by atoms with van der Waals surface area (Å²) in [6, 6.07) is 9.73. The Hall–Kier alpha value is -2.73. The number of halogens is 2. The van der Waals surface area contributed by atoms with Gasteiger partial charge in [0.1, 0.15) is 17.4 Å². The molecule has 2 saturated carbocycles. The Bertz CT molecular complexity index is 1100. The molecule has 5 atom stereocenters. The van der Waals surface area contributed by atoms with Crippen LogP contribution in [0.3, 0.4) is 0 Å². The summed E-state index contributed by atoms with van der Waals surface area (Å²) in [5, 5.41) is 4.10. The molecule has 2 aromatic heterocycles. The van der Waals surface area contributed by atoms with Gasteiger partial charge in [-0.1, -0.05) is 18.5 Å². The fourth-order valence-electron chi connectivity index (χ4n) is 4.92. The van der Waals surface area contributed by atoms with E-state index in [4.69, 9.17) is 16.3 Å². The Labute approximate surface area is 178 Å². The summed E-state index contributed by atoms with van der Waals surface area (Å²) in [6.45, 7) is 1.98. The zero-order valence-corrected chi connectivity index (χ0v) is 17.1. The van der Waals surface area contributed by atoms with Gasteiger partial charge in [-0.15, -0.1) is 0 Å². The van der Waals surface area contributed by atoms with Crippen molar-refractivity contribution in [3.63, 3.8) is 0 Å². The van der Waals surface area contributed by atoms with Crippen LogP contribution in [0.25, 0.3) is 10.9 Å². The van der Waals surface area contributed by atoms with Crippen molar-refractivity contribution in [1.29, 1.82) is 0 Å². The van der Waals surface area contributed by atoms with Crippen molar-refractivity contribution >= 4 is 34.2 Å². The zero-order valence-electron chi connectivity index (χ0n) is 16.4. The van der Waals surface area contributed by atoms with Gasteiger partial charge in [0.2, 0.25) is 5.91 Å². The average Bonchev–Trinajstić information content (AvgIpc) is 3.24. The van der Waals surface area contributed by atoms with E-state index in [1.165, 1.54) is 18.3 Å². The Kier molecular flexibility index (Phi) is 4.82. The first-order valence-corrected chi connectivity index (χ1v) is 10.5. The molecule has 5 rings (SSSR count). The minimum atomic E-state index is -0.301. The van der Waals surface area contributed by atoms with E-state index in [1.807, 2.05) is 6.92 Å². The van der Waals surface area contributed by atoms with Gasteiger partial charge in [0, 0.05) is 23.7 Å². The molecular formula is C23H21ClFN3O2. The van der Waals surface area contributed by atoms with Gasteiger partial charge in [-0.25, -0.2) is 9.37 Å². The van der Waals surface area contributed by atoms with Crippen LogP contribution in [-0.2, 0) is 4.79 Å². The number of rotatable bonds is 5. The number of hydrogen-bond donors (Lipinski definition) is 1. The zero-order chi connectivity index (χ0) is 20.8. The van der Waals surface area contributed by atoms with Crippen LogP contribution >= 0.6 is 11.6 Å². The maximum atomic E-state index is 13.7. The highest BCUT2D eigenvalue weighted by Crippen LogP contribution is 2.61. The van der Waals surface area contributed by atoms with E-state index in [-0.39, 0.29) is 23.7 Å². The highest BCUT2D eigenvalue weighted by molar-refractivity contribution is 6.30. The highest BCUT2D eigenvalue weighted by Gasteiger charge is 2.59. The molecule has 30 heavy (non-hydrogen) atoms. The molecule has 1 N–H and O–H groups in total. The number of carbonyl (C=O) groups is 1. The first-order chi connectivity index (χ1) is 14.5. The summed E-state index contributed by atoms with van der Waals surface area (Å²) in [5.41, 5.74) is 0.719. The normalized spacial score (nSPS) is 25.6. The Morgan fingerprint density at radius 2 is 2.00 bits per heavy atom. The number of benzene rings is 1. The molecule has 2 fully saturated rings. The van der Waals surface area contributed by atoms with Crippen LogP contribution in [-0.4, -0.2) is 22.0 Å². The molecule has 5 nitrogen and oxygen atoms in total. The second-order valence-electron chi connectivity index (χ2n) is 8.23. The number of fused-ring (bicyclic) bond motifs is 2. The number of ether oxygens (including phenoxy) is 1. The number of nitrogens with one attached hydrogen (secondary N) is 1. The van der Waals surface area contributed by atoms with E-state index in [1.54, 1.807) is 30.5 Å². The maximum absolute atomic E-state index is 13.7. The number of carbonyl (C=O) groups excluding carboxylic acids is 1. The molecule has 1 amide bonds. The molecule has 1 unspecified atom stereocenters. The van der Waals surface area contributed by atoms with Gasteiger partial charge in [0.05, 0.1) is 16.6 Å². The van der Waals surface area contributed by atoms with E-state index in [2.05, 4.69) is 15.3 Å². The summed E-state index contributed by atoms with van der Waals surface area (Å²) in [4.78, 5) is 21.0. The smallest absolute Gasteiger partial charge is 0.228 e. The minimum absolute atomic E-state index is 0.0164. The van der Waals surface area contributed by atoms with Crippen molar-refractivity contribution in [2.75, 3.05) is 5.32 Å². The van der Waals surface area contributed by atoms with Gasteiger partial charge >= 0.3 is 0 Å². The molecule has 2 heterocycles. The van der Waals surface area contributed by atoms with Gasteiger partial charge in [0.15, 0.2) is 0 Å². The number of hydrogen-bond acceptors (Lipinski definition) is 4. The third-order valence-corrected chi connectivity index (χ3v) is 6.62. The molecule has 154 valence electrons. The van der Waals surface area contributed by atoms with Crippen LogP contribution in [0.5, 0.6) is 5.75 Å². The van der Waals surface area contributed by atoms with Crippen LogP contribution < -0.4 is 10.1 Å². The number of nitrogens with zero attached hydrogens (tertiary/aromatic N) is 2. The van der Waals surface area contributed by atoms with Crippen molar-refractivity contribution in [2.45, 2.75) is 25.9 Å². The summed E-state index contributed by atoms with van der Waals surface area (Å²) >= 11 is 5.84. The SMILES string of the molecule is CC(C(=O)Nc1ccc(Cl)cn1)[C@H]1[C@@H]2C[C@H](Oc3ccnc4ccc(F)cc34)C[C@@H]21. The summed E-state index contributed by atoms with van der Waals surface area (Å²) in [7, 11) is 0. The Morgan fingerprint density at radius 1 is 1.20 bits per heavy atom. The van der Waals surface area contributed by atoms with Gasteiger partial charge in [-0.3, -0.25) is 9.78 Å². The van der Waals surface area contributed by atoms with E-state index >= 15 is 0 Å². The molecule has 0 radical (unpaired) electrons. The first-order valence-electron chi connectivity index (χ1n) is 10.1. The van der Waals surface area contributed by atoms with Crippen molar-refractivity contribution in [1.82, 2.24) is 9.97 Å². The predicted octanol–water partition coefficient (Wildman–Crippen LogP) is 5.10. The molecule has 0 bridgehead atoms. The molecule has 2 aliphatic carbocycles. The standard InChI is InChI=1S/C23H21ClFN3O2/c1-12(23(29)28-21-5-2-13(24)11-27-21)22-16-9-15(10-17(16)22)30-20-6-7-26-19-4-3-14(25)8-18(19)20/h2-8,11-12,15-17,22H,9-10H2,1H3,(H,27,28,29)/t12?,15-,16+,17-,22-. The molecule has 0 aliphatic heterocycles. The van der Waals surface area contributed by atoms with E-state index < -0.39 is 0 Å². The molecule has 3 aromatic rings. The van der Waals surface area contributed by atoms with Gasteiger partial charge in [0.25, 0.3) is 0 Å². The number of anilines is 1. The lowest BCUT2D eigenvalue weighted by Gasteiger charge is -2.20. The van der Waals surface area contributed by atoms with Gasteiger partial charge < -0.3 is 10.1 Å². The van der Waals surface area contributed by atoms with Crippen LogP contribution in [0.1, 0.15) is 19.8 Å². The number of amides is 1. The number of aromatic nitrogens is 2. The summed E-state index contributed by atoms with van der Waals surface area (Å²) in [6.07, 6.45) is 5.10. The summed E-state index contributed by atoms with van der Waals surface area (Å²) in [5.74, 6) is 2.11.